The molecule has 0 spiro atoms. The summed E-state index contributed by atoms with van der Waals surface area (Å²) in [4.78, 5) is 28.0. The van der Waals surface area contributed by atoms with E-state index in [9.17, 15) is 14.9 Å². The summed E-state index contributed by atoms with van der Waals surface area (Å²) in [5, 5.41) is 14.9. The number of aliphatic imine (C=N–C) groups is 1. The van der Waals surface area contributed by atoms with E-state index >= 15 is 0 Å². The van der Waals surface area contributed by atoms with Gasteiger partial charge in [-0.1, -0.05) is 36.5 Å². The zero-order chi connectivity index (χ0) is 21.1. The number of nitrogens with one attached hydrogen (secondary N) is 1. The molecule has 0 atom stereocenters. The highest BCUT2D eigenvalue weighted by Gasteiger charge is 2.18. The first kappa shape index (κ1) is 20.8. The first-order valence-corrected chi connectivity index (χ1v) is 9.66. The van der Waals surface area contributed by atoms with Crippen LogP contribution in [0.25, 0.3) is 5.69 Å². The standard InChI is InChI=1S/C20H18Cl2N4O3/c1-3-4-18-19(12(2)23-17-10-5-13(21)11-16(17)22)20(27)25(24-18)14-6-8-15(9-7-14)26(28)29/h5-11,24H,3-4H2,1-2H3. The Bertz CT molecular complexity index is 1150. The summed E-state index contributed by atoms with van der Waals surface area (Å²) < 4.78 is 1.37. The van der Waals surface area contributed by atoms with Crippen molar-refractivity contribution < 1.29 is 4.92 Å². The maximum absolute atomic E-state index is 13.1. The maximum atomic E-state index is 13.1. The average Bonchev–Trinajstić information content (AvgIpc) is 3.00. The maximum Gasteiger partial charge on any atom is 0.280 e. The monoisotopic (exact) mass is 432 g/mol. The van der Waals surface area contributed by atoms with E-state index in [-0.39, 0.29) is 11.2 Å². The van der Waals surface area contributed by atoms with Gasteiger partial charge in [0.05, 0.1) is 32.6 Å². The molecular formula is C20H18Cl2N4O3. The fourth-order valence-corrected chi connectivity index (χ4v) is 3.45. The number of non-ortho nitro benzene ring substituents is 1. The van der Waals surface area contributed by atoms with E-state index < -0.39 is 4.92 Å². The van der Waals surface area contributed by atoms with E-state index in [1.807, 2.05) is 6.92 Å². The molecular weight excluding hydrogens is 415 g/mol. The van der Waals surface area contributed by atoms with Crippen LogP contribution in [0.1, 0.15) is 31.5 Å². The lowest BCUT2D eigenvalue weighted by Crippen LogP contribution is -2.19. The number of aryl methyl sites for hydroxylation is 1. The fourth-order valence-electron chi connectivity index (χ4n) is 3.00. The van der Waals surface area contributed by atoms with Crippen LogP contribution in [0, 0.1) is 10.1 Å². The number of nitrogens with zero attached hydrogens (tertiary/aromatic N) is 3. The Labute approximate surface area is 176 Å². The van der Waals surface area contributed by atoms with Gasteiger partial charge in [0.2, 0.25) is 0 Å². The summed E-state index contributed by atoms with van der Waals surface area (Å²) in [5.41, 5.74) is 2.39. The highest BCUT2D eigenvalue weighted by Crippen LogP contribution is 2.28. The molecule has 0 fully saturated rings. The molecule has 0 unspecified atom stereocenters. The van der Waals surface area contributed by atoms with Crippen LogP contribution in [0.3, 0.4) is 0 Å². The minimum atomic E-state index is -0.484. The van der Waals surface area contributed by atoms with Crippen LogP contribution in [0.5, 0.6) is 0 Å². The second-order valence-electron chi connectivity index (χ2n) is 6.42. The van der Waals surface area contributed by atoms with Gasteiger partial charge < -0.3 is 0 Å². The molecule has 0 radical (unpaired) electrons. The van der Waals surface area contributed by atoms with E-state index in [2.05, 4.69) is 10.1 Å². The molecule has 0 saturated carbocycles. The SMILES string of the molecule is CCCc1[nH]n(-c2ccc([N+](=O)[O-])cc2)c(=O)c1C(C)=Nc1ccc(Cl)cc1Cl. The zero-order valence-electron chi connectivity index (χ0n) is 15.8. The van der Waals surface area contributed by atoms with Crippen molar-refractivity contribution in [3.05, 3.63) is 84.2 Å². The molecule has 1 heterocycles. The third-order valence-corrected chi connectivity index (χ3v) is 4.88. The fraction of sp³-hybridized carbons (Fsp3) is 0.200. The molecule has 1 aromatic heterocycles. The van der Waals surface area contributed by atoms with Crippen LogP contribution in [-0.2, 0) is 6.42 Å². The van der Waals surface area contributed by atoms with E-state index in [1.54, 1.807) is 25.1 Å². The topological polar surface area (TPSA) is 93.3 Å². The van der Waals surface area contributed by atoms with Crippen molar-refractivity contribution in [2.45, 2.75) is 26.7 Å². The predicted octanol–water partition coefficient (Wildman–Crippen LogP) is 5.47. The molecule has 0 amide bonds. The van der Waals surface area contributed by atoms with Crippen LogP contribution >= 0.6 is 23.2 Å². The summed E-state index contributed by atoms with van der Waals surface area (Å²) >= 11 is 12.1. The van der Waals surface area contributed by atoms with Gasteiger partial charge in [0.15, 0.2) is 0 Å². The summed E-state index contributed by atoms with van der Waals surface area (Å²) in [6.45, 7) is 3.75. The van der Waals surface area contributed by atoms with Crippen molar-refractivity contribution in [2.24, 2.45) is 4.99 Å². The van der Waals surface area contributed by atoms with E-state index in [1.165, 1.54) is 28.9 Å². The normalized spacial score (nSPS) is 11.7. The summed E-state index contributed by atoms with van der Waals surface area (Å²) in [5.74, 6) is 0. The lowest BCUT2D eigenvalue weighted by atomic mass is 10.1. The molecule has 150 valence electrons. The number of halogens is 2. The minimum Gasteiger partial charge on any atom is -0.294 e. The molecule has 9 heteroatoms. The molecule has 29 heavy (non-hydrogen) atoms. The molecule has 2 aromatic carbocycles. The van der Waals surface area contributed by atoms with Crippen LogP contribution in [-0.4, -0.2) is 20.4 Å². The van der Waals surface area contributed by atoms with Gasteiger partial charge in [0, 0.05) is 22.8 Å². The predicted molar refractivity (Wildman–Crippen MR) is 115 cm³/mol. The Kier molecular flexibility index (Phi) is 6.20. The van der Waals surface area contributed by atoms with Crippen LogP contribution < -0.4 is 5.56 Å². The summed E-state index contributed by atoms with van der Waals surface area (Å²) in [6.07, 6.45) is 1.47. The molecule has 3 rings (SSSR count). The number of H-pyrrole nitrogens is 1. The van der Waals surface area contributed by atoms with Gasteiger partial charge in [0.25, 0.3) is 11.2 Å². The number of nitro groups is 1. The molecule has 0 aliphatic carbocycles. The number of aromatic nitrogens is 2. The number of nitro benzene ring substituents is 1. The Morgan fingerprint density at radius 1 is 1.21 bits per heavy atom. The van der Waals surface area contributed by atoms with E-state index in [4.69, 9.17) is 23.2 Å². The average molecular weight is 433 g/mol. The van der Waals surface area contributed by atoms with Crippen molar-refractivity contribution in [1.29, 1.82) is 0 Å². The van der Waals surface area contributed by atoms with Gasteiger partial charge in [-0.3, -0.25) is 25.0 Å². The third-order valence-electron chi connectivity index (χ3n) is 4.34. The van der Waals surface area contributed by atoms with Gasteiger partial charge in [-0.05, 0) is 43.7 Å². The molecule has 0 saturated heterocycles. The minimum absolute atomic E-state index is 0.0440. The largest absolute Gasteiger partial charge is 0.294 e. The summed E-state index contributed by atoms with van der Waals surface area (Å²) in [6, 6.07) is 10.7. The second-order valence-corrected chi connectivity index (χ2v) is 7.27. The molecule has 3 aromatic rings. The van der Waals surface area contributed by atoms with Gasteiger partial charge in [-0.2, -0.15) is 0 Å². The van der Waals surface area contributed by atoms with Crippen molar-refractivity contribution in [3.63, 3.8) is 0 Å². The summed E-state index contributed by atoms with van der Waals surface area (Å²) in [7, 11) is 0. The Morgan fingerprint density at radius 3 is 2.48 bits per heavy atom. The van der Waals surface area contributed by atoms with Gasteiger partial charge >= 0.3 is 0 Å². The van der Waals surface area contributed by atoms with Crippen molar-refractivity contribution in [3.8, 4) is 5.69 Å². The first-order valence-electron chi connectivity index (χ1n) is 8.91. The molecule has 0 aliphatic rings. The van der Waals surface area contributed by atoms with E-state index in [0.717, 1.165) is 12.1 Å². The number of aromatic amines is 1. The number of benzene rings is 2. The molecule has 0 aliphatic heterocycles. The Hall–Kier alpha value is -2.90. The molecule has 1 N–H and O–H groups in total. The highest BCUT2D eigenvalue weighted by molar-refractivity contribution is 6.36. The third kappa shape index (κ3) is 4.41. The van der Waals surface area contributed by atoms with Gasteiger partial charge in [-0.25, -0.2) is 4.68 Å². The zero-order valence-corrected chi connectivity index (χ0v) is 17.3. The van der Waals surface area contributed by atoms with Gasteiger partial charge in [0.1, 0.15) is 0 Å². The second kappa shape index (κ2) is 8.63. The number of rotatable bonds is 6. The quantitative estimate of drug-likeness (QED) is 0.317. The van der Waals surface area contributed by atoms with Crippen LogP contribution in [0.15, 0.2) is 52.3 Å². The lowest BCUT2D eigenvalue weighted by molar-refractivity contribution is -0.384. The number of hydrogen-bond donors (Lipinski definition) is 1. The van der Waals surface area contributed by atoms with Crippen molar-refractivity contribution >= 4 is 40.3 Å². The Balaban J connectivity index is 2.09. The van der Waals surface area contributed by atoms with Crippen LogP contribution in [0.4, 0.5) is 11.4 Å². The number of hydrogen-bond acceptors (Lipinski definition) is 4. The van der Waals surface area contributed by atoms with Crippen LogP contribution in [0.2, 0.25) is 10.0 Å². The molecule has 7 nitrogen and oxygen atoms in total. The first-order chi connectivity index (χ1) is 13.8. The highest BCUT2D eigenvalue weighted by atomic mass is 35.5. The van der Waals surface area contributed by atoms with Gasteiger partial charge in [-0.15, -0.1) is 0 Å². The smallest absolute Gasteiger partial charge is 0.280 e. The Morgan fingerprint density at radius 2 is 1.90 bits per heavy atom. The molecule has 0 bridgehead atoms. The lowest BCUT2D eigenvalue weighted by Gasteiger charge is -2.03. The van der Waals surface area contributed by atoms with Crippen molar-refractivity contribution in [1.82, 2.24) is 9.78 Å². The van der Waals surface area contributed by atoms with E-state index in [0.29, 0.717) is 39.1 Å². The van der Waals surface area contributed by atoms with Crippen molar-refractivity contribution in [2.75, 3.05) is 0 Å².